The van der Waals surface area contributed by atoms with Gasteiger partial charge in [-0.2, -0.15) is 5.10 Å². The molecule has 0 aliphatic rings. The lowest BCUT2D eigenvalue weighted by atomic mass is 10.2. The number of rotatable bonds is 4. The van der Waals surface area contributed by atoms with Crippen molar-refractivity contribution in [2.45, 2.75) is 11.6 Å². The molecule has 0 amide bonds. The SMILES string of the molecule is CSc1c(C(N)=S)nn(-c2c(Cl)cc(CF)cc2Cl)c1N. The molecule has 0 aliphatic carbocycles. The van der Waals surface area contributed by atoms with Crippen molar-refractivity contribution in [3.8, 4) is 5.69 Å². The van der Waals surface area contributed by atoms with Gasteiger partial charge >= 0.3 is 0 Å². The highest BCUT2D eigenvalue weighted by Crippen LogP contribution is 2.35. The van der Waals surface area contributed by atoms with Crippen LogP contribution in [-0.4, -0.2) is 21.0 Å². The Hall–Kier alpha value is -1.02. The third-order valence-corrected chi connectivity index (χ3v) is 4.34. The van der Waals surface area contributed by atoms with Gasteiger partial charge in [-0.05, 0) is 24.0 Å². The number of nitrogens with zero attached hydrogens (tertiary/aromatic N) is 2. The van der Waals surface area contributed by atoms with E-state index in [1.54, 1.807) is 0 Å². The minimum absolute atomic E-state index is 0.123. The first-order valence-corrected chi connectivity index (χ1v) is 8.06. The molecule has 0 aliphatic heterocycles. The topological polar surface area (TPSA) is 69.9 Å². The summed E-state index contributed by atoms with van der Waals surface area (Å²) in [4.78, 5) is 0.765. The molecule has 0 saturated carbocycles. The van der Waals surface area contributed by atoms with Crippen molar-refractivity contribution < 1.29 is 4.39 Å². The zero-order valence-corrected chi connectivity index (χ0v) is 14.0. The van der Waals surface area contributed by atoms with Gasteiger partial charge in [0.15, 0.2) is 0 Å². The average Bonchev–Trinajstić information content (AvgIpc) is 2.75. The first-order chi connectivity index (χ1) is 9.90. The van der Waals surface area contributed by atoms with Gasteiger partial charge in [-0.1, -0.05) is 35.4 Å². The van der Waals surface area contributed by atoms with Gasteiger partial charge in [0.25, 0.3) is 0 Å². The zero-order chi connectivity index (χ0) is 15.7. The third-order valence-electron chi connectivity index (χ3n) is 2.76. The maximum Gasteiger partial charge on any atom is 0.141 e. The van der Waals surface area contributed by atoms with E-state index in [0.717, 1.165) is 0 Å². The van der Waals surface area contributed by atoms with Crippen LogP contribution in [0.1, 0.15) is 11.3 Å². The average molecular weight is 365 g/mol. The van der Waals surface area contributed by atoms with E-state index >= 15 is 0 Å². The van der Waals surface area contributed by atoms with Crippen molar-refractivity contribution >= 4 is 58.0 Å². The Balaban J connectivity index is 2.71. The van der Waals surface area contributed by atoms with Gasteiger partial charge in [-0.15, -0.1) is 11.8 Å². The van der Waals surface area contributed by atoms with Gasteiger partial charge in [0.2, 0.25) is 0 Å². The Morgan fingerprint density at radius 3 is 2.38 bits per heavy atom. The smallest absolute Gasteiger partial charge is 0.141 e. The van der Waals surface area contributed by atoms with E-state index in [4.69, 9.17) is 46.9 Å². The lowest BCUT2D eigenvalue weighted by Crippen LogP contribution is -2.12. The molecule has 112 valence electrons. The lowest BCUT2D eigenvalue weighted by molar-refractivity contribution is 0.485. The highest BCUT2D eigenvalue weighted by atomic mass is 35.5. The molecule has 0 fully saturated rings. The molecule has 4 N–H and O–H groups in total. The Morgan fingerprint density at radius 2 is 2.00 bits per heavy atom. The van der Waals surface area contributed by atoms with Crippen LogP contribution in [0.25, 0.3) is 5.69 Å². The first kappa shape index (κ1) is 16.4. The predicted octanol–water partition coefficient (Wildman–Crippen LogP) is 3.59. The summed E-state index contributed by atoms with van der Waals surface area (Å²) >= 11 is 18.7. The molecular formula is C12H11Cl2FN4S2. The van der Waals surface area contributed by atoms with Crippen LogP contribution in [0.15, 0.2) is 17.0 Å². The van der Waals surface area contributed by atoms with Crippen LogP contribution in [0.2, 0.25) is 10.0 Å². The molecule has 0 spiro atoms. The molecule has 0 unspecified atom stereocenters. The van der Waals surface area contributed by atoms with E-state index in [9.17, 15) is 4.39 Å². The first-order valence-electron chi connectivity index (χ1n) is 5.67. The highest BCUT2D eigenvalue weighted by molar-refractivity contribution is 7.99. The zero-order valence-electron chi connectivity index (χ0n) is 10.9. The third kappa shape index (κ3) is 2.96. The summed E-state index contributed by atoms with van der Waals surface area (Å²) in [6.07, 6.45) is 1.83. The number of alkyl halides is 1. The van der Waals surface area contributed by atoms with E-state index < -0.39 is 6.67 Å². The summed E-state index contributed by atoms with van der Waals surface area (Å²) in [5.74, 6) is 0.321. The maximum atomic E-state index is 12.7. The van der Waals surface area contributed by atoms with Crippen LogP contribution >= 0.6 is 47.2 Å². The summed E-state index contributed by atoms with van der Waals surface area (Å²) < 4.78 is 14.1. The second-order valence-corrected chi connectivity index (χ2v) is 6.16. The Kier molecular flexibility index (Phi) is 4.98. The fourth-order valence-electron chi connectivity index (χ4n) is 1.85. The molecule has 4 nitrogen and oxygen atoms in total. The van der Waals surface area contributed by atoms with E-state index in [1.165, 1.54) is 28.6 Å². The molecule has 1 aromatic carbocycles. The van der Waals surface area contributed by atoms with Gasteiger partial charge in [0.05, 0.1) is 14.9 Å². The largest absolute Gasteiger partial charge is 0.388 e. The maximum absolute atomic E-state index is 12.7. The van der Waals surface area contributed by atoms with Crippen molar-refractivity contribution in [1.29, 1.82) is 0 Å². The molecule has 1 aromatic heterocycles. The van der Waals surface area contributed by atoms with Crippen LogP contribution in [0, 0.1) is 0 Å². The fourth-order valence-corrected chi connectivity index (χ4v) is 3.39. The van der Waals surface area contributed by atoms with Crippen molar-refractivity contribution in [2.24, 2.45) is 5.73 Å². The molecule has 21 heavy (non-hydrogen) atoms. The number of thioether (sulfide) groups is 1. The summed E-state index contributed by atoms with van der Waals surface area (Å²) in [6, 6.07) is 2.95. The van der Waals surface area contributed by atoms with Gasteiger partial charge < -0.3 is 11.5 Å². The number of nitrogen functional groups attached to an aromatic ring is 1. The number of nitrogens with two attached hydrogens (primary N) is 2. The molecule has 9 heteroatoms. The lowest BCUT2D eigenvalue weighted by Gasteiger charge is -2.10. The van der Waals surface area contributed by atoms with Crippen LogP contribution < -0.4 is 11.5 Å². The number of benzene rings is 1. The second-order valence-electron chi connectivity index (χ2n) is 4.08. The quantitative estimate of drug-likeness (QED) is 0.640. The number of hydrogen-bond donors (Lipinski definition) is 2. The van der Waals surface area contributed by atoms with Crippen LogP contribution in [0.5, 0.6) is 0 Å². The Bertz CT molecular complexity index is 695. The molecule has 0 atom stereocenters. The summed E-state index contributed by atoms with van der Waals surface area (Å²) in [5.41, 5.74) is 12.8. The standard InChI is InChI=1S/C12H11Cl2FN4S2/c1-21-10-8(12(17)20)18-19(11(10)16)9-6(13)2-5(4-15)3-7(9)14/h2-3H,4,16H2,1H3,(H2,17,20). The monoisotopic (exact) mass is 364 g/mol. The molecule has 0 bridgehead atoms. The van der Waals surface area contributed by atoms with Crippen LogP contribution in [0.4, 0.5) is 10.2 Å². The molecule has 2 rings (SSSR count). The van der Waals surface area contributed by atoms with Gasteiger partial charge in [-0.25, -0.2) is 9.07 Å². The van der Waals surface area contributed by atoms with Crippen LogP contribution in [-0.2, 0) is 6.67 Å². The highest BCUT2D eigenvalue weighted by Gasteiger charge is 2.21. The number of hydrogen-bond acceptors (Lipinski definition) is 4. The Morgan fingerprint density at radius 1 is 1.43 bits per heavy atom. The number of anilines is 1. The number of halogens is 3. The summed E-state index contributed by atoms with van der Waals surface area (Å²) in [6.45, 7) is -0.664. The molecule has 0 saturated heterocycles. The van der Waals surface area contributed by atoms with Crippen LogP contribution in [0.3, 0.4) is 0 Å². The summed E-state index contributed by atoms with van der Waals surface area (Å²) in [7, 11) is 0. The fraction of sp³-hybridized carbons (Fsp3) is 0.167. The molecule has 1 heterocycles. The normalized spacial score (nSPS) is 10.9. The summed E-state index contributed by atoms with van der Waals surface area (Å²) in [5, 5.41) is 4.75. The number of thiocarbonyl (C=S) groups is 1. The van der Waals surface area contributed by atoms with Crippen molar-refractivity contribution in [2.75, 3.05) is 12.0 Å². The minimum Gasteiger partial charge on any atom is -0.388 e. The van der Waals surface area contributed by atoms with Crippen molar-refractivity contribution in [3.05, 3.63) is 33.4 Å². The van der Waals surface area contributed by atoms with E-state index in [1.807, 2.05) is 6.26 Å². The number of aromatic nitrogens is 2. The molecule has 0 radical (unpaired) electrons. The minimum atomic E-state index is -0.664. The Labute approximate surface area is 140 Å². The molecular weight excluding hydrogens is 354 g/mol. The van der Waals surface area contributed by atoms with Gasteiger partial charge in [0.1, 0.15) is 28.9 Å². The van der Waals surface area contributed by atoms with Gasteiger partial charge in [0, 0.05) is 0 Å². The van der Waals surface area contributed by atoms with E-state index in [0.29, 0.717) is 27.7 Å². The van der Waals surface area contributed by atoms with Gasteiger partial charge in [-0.3, -0.25) is 0 Å². The van der Waals surface area contributed by atoms with E-state index in [2.05, 4.69) is 5.10 Å². The molecule has 2 aromatic rings. The van der Waals surface area contributed by atoms with Crippen molar-refractivity contribution in [3.63, 3.8) is 0 Å². The second kappa shape index (κ2) is 6.39. The predicted molar refractivity (Wildman–Crippen MR) is 90.5 cm³/mol. The van der Waals surface area contributed by atoms with E-state index in [-0.39, 0.29) is 15.0 Å². The van der Waals surface area contributed by atoms with Crippen molar-refractivity contribution in [1.82, 2.24) is 9.78 Å².